The van der Waals surface area contributed by atoms with Crippen LogP contribution in [0.25, 0.3) is 17.0 Å². The molecule has 0 saturated carbocycles. The normalized spacial score (nSPS) is 17.4. The van der Waals surface area contributed by atoms with Gasteiger partial charge in [-0.05, 0) is 61.9 Å². The van der Waals surface area contributed by atoms with Gasteiger partial charge in [-0.1, -0.05) is 37.3 Å². The van der Waals surface area contributed by atoms with Crippen LogP contribution in [0.3, 0.4) is 0 Å². The van der Waals surface area contributed by atoms with Gasteiger partial charge in [-0.2, -0.15) is 0 Å². The number of fused-ring (bicyclic) bond motifs is 1. The van der Waals surface area contributed by atoms with Gasteiger partial charge in [0.05, 0.1) is 10.6 Å². The molecule has 1 saturated heterocycles. The summed E-state index contributed by atoms with van der Waals surface area (Å²) in [5, 5.41) is 1.86. The first-order valence-corrected chi connectivity index (χ1v) is 10.7. The van der Waals surface area contributed by atoms with Crippen molar-refractivity contribution in [3.05, 3.63) is 70.8 Å². The van der Waals surface area contributed by atoms with Crippen LogP contribution in [0.1, 0.15) is 37.9 Å². The van der Waals surface area contributed by atoms with Crippen LogP contribution in [0.4, 0.5) is 5.69 Å². The third-order valence-electron chi connectivity index (χ3n) is 5.19. The van der Waals surface area contributed by atoms with Gasteiger partial charge >= 0.3 is 0 Å². The summed E-state index contributed by atoms with van der Waals surface area (Å²) in [4.78, 5) is 19.9. The van der Waals surface area contributed by atoms with Crippen LogP contribution in [0.5, 0.6) is 0 Å². The minimum Gasteiger partial charge on any atom is -0.344 e. The van der Waals surface area contributed by atoms with Gasteiger partial charge < -0.3 is 4.57 Å². The molecular formula is C24H25N3OS. The lowest BCUT2D eigenvalue weighted by molar-refractivity contribution is -0.121. The number of carbonyl (C=O) groups excluding carboxylic acids is 1. The first-order valence-electron chi connectivity index (χ1n) is 9.92. The summed E-state index contributed by atoms with van der Waals surface area (Å²) in [5.74, 6) is -0.0136. The molecule has 0 spiro atoms. The molecule has 1 aliphatic rings. The number of thioether (sulfide) groups is 1. The Morgan fingerprint density at radius 1 is 1.10 bits per heavy atom. The van der Waals surface area contributed by atoms with Crippen molar-refractivity contribution in [3.63, 3.8) is 0 Å². The lowest BCUT2D eigenvalue weighted by Crippen LogP contribution is -2.23. The molecule has 2 heterocycles. The molecule has 4 rings (SSSR count). The van der Waals surface area contributed by atoms with Crippen LogP contribution < -0.4 is 0 Å². The van der Waals surface area contributed by atoms with Crippen LogP contribution in [0.2, 0.25) is 0 Å². The molecule has 29 heavy (non-hydrogen) atoms. The topological polar surface area (TPSA) is 37.6 Å². The van der Waals surface area contributed by atoms with E-state index in [0.29, 0.717) is 16.1 Å². The summed E-state index contributed by atoms with van der Waals surface area (Å²) in [6, 6.07) is 16.8. The van der Waals surface area contributed by atoms with E-state index >= 15 is 0 Å². The summed E-state index contributed by atoms with van der Waals surface area (Å²) in [7, 11) is 1.78. The quantitative estimate of drug-likeness (QED) is 0.500. The minimum absolute atomic E-state index is 0.0136. The lowest BCUT2D eigenvalue weighted by atomic mass is 10.1. The molecule has 0 atom stereocenters. The van der Waals surface area contributed by atoms with E-state index in [-0.39, 0.29) is 5.91 Å². The maximum atomic E-state index is 12.8. The number of amides is 1. The van der Waals surface area contributed by atoms with Gasteiger partial charge in [-0.3, -0.25) is 9.69 Å². The van der Waals surface area contributed by atoms with Gasteiger partial charge in [-0.25, -0.2) is 4.99 Å². The molecular weight excluding hydrogens is 378 g/mol. The highest BCUT2D eigenvalue weighted by atomic mass is 32.2. The van der Waals surface area contributed by atoms with E-state index in [1.807, 2.05) is 24.3 Å². The monoisotopic (exact) mass is 403 g/mol. The smallest absolute Gasteiger partial charge is 0.266 e. The number of hydrogen-bond donors (Lipinski definition) is 0. The number of aliphatic imine (C=N–C) groups is 1. The number of para-hydroxylation sites is 1. The molecule has 2 aromatic carbocycles. The number of nitrogens with zero attached hydrogens (tertiary/aromatic N) is 3. The fourth-order valence-corrected chi connectivity index (χ4v) is 4.46. The Kier molecular flexibility index (Phi) is 5.33. The van der Waals surface area contributed by atoms with Gasteiger partial charge in [0.25, 0.3) is 5.91 Å². The Morgan fingerprint density at radius 2 is 1.83 bits per heavy atom. The maximum Gasteiger partial charge on any atom is 0.266 e. The van der Waals surface area contributed by atoms with Crippen molar-refractivity contribution in [3.8, 4) is 0 Å². The third-order valence-corrected chi connectivity index (χ3v) is 6.25. The summed E-state index contributed by atoms with van der Waals surface area (Å²) in [6.45, 7) is 6.47. The van der Waals surface area contributed by atoms with E-state index in [4.69, 9.17) is 4.99 Å². The molecule has 1 aromatic heterocycles. The number of carbonyl (C=O) groups is 1. The van der Waals surface area contributed by atoms with Crippen molar-refractivity contribution in [2.24, 2.45) is 4.99 Å². The zero-order chi connectivity index (χ0) is 20.5. The highest BCUT2D eigenvalue weighted by Gasteiger charge is 2.30. The fourth-order valence-electron chi connectivity index (χ4n) is 3.48. The van der Waals surface area contributed by atoms with Gasteiger partial charge in [0.2, 0.25) is 0 Å². The van der Waals surface area contributed by atoms with Gasteiger partial charge in [0, 0.05) is 35.8 Å². The maximum absolute atomic E-state index is 12.8. The molecule has 0 aliphatic carbocycles. The van der Waals surface area contributed by atoms with Gasteiger partial charge in [-0.15, -0.1) is 0 Å². The largest absolute Gasteiger partial charge is 0.344 e. The summed E-state index contributed by atoms with van der Waals surface area (Å²) in [5.41, 5.74) is 4.39. The Morgan fingerprint density at radius 3 is 2.52 bits per heavy atom. The van der Waals surface area contributed by atoms with Crippen molar-refractivity contribution >= 4 is 45.5 Å². The third kappa shape index (κ3) is 3.75. The van der Waals surface area contributed by atoms with Gasteiger partial charge in [0.1, 0.15) is 0 Å². The second-order valence-corrected chi connectivity index (χ2v) is 8.50. The van der Waals surface area contributed by atoms with E-state index in [0.717, 1.165) is 23.1 Å². The second-order valence-electron chi connectivity index (χ2n) is 7.49. The molecule has 4 nitrogen and oxygen atoms in total. The number of rotatable bonds is 4. The number of amidine groups is 1. The Bertz CT molecular complexity index is 1120. The predicted molar refractivity (Wildman–Crippen MR) is 124 cm³/mol. The number of likely N-dealkylation sites (N-methyl/N-ethyl adjacent to an activating group) is 1. The second kappa shape index (κ2) is 7.91. The molecule has 0 radical (unpaired) electrons. The highest BCUT2D eigenvalue weighted by molar-refractivity contribution is 8.18. The number of hydrogen-bond acceptors (Lipinski definition) is 3. The predicted octanol–water partition coefficient (Wildman–Crippen LogP) is 6.02. The number of aromatic nitrogens is 1. The van der Waals surface area contributed by atoms with Gasteiger partial charge in [0.15, 0.2) is 5.17 Å². The first kappa shape index (κ1) is 19.5. The van der Waals surface area contributed by atoms with Crippen molar-refractivity contribution in [1.29, 1.82) is 0 Å². The Hall–Kier alpha value is -2.79. The van der Waals surface area contributed by atoms with Crippen LogP contribution in [0.15, 0.2) is 64.6 Å². The molecule has 0 N–H and O–H groups in total. The number of aryl methyl sites for hydroxylation is 1. The van der Waals surface area contributed by atoms with Crippen LogP contribution in [-0.2, 0) is 11.2 Å². The average Bonchev–Trinajstić information content (AvgIpc) is 3.22. The van der Waals surface area contributed by atoms with Crippen molar-refractivity contribution in [1.82, 2.24) is 9.47 Å². The standard InChI is InChI=1S/C24H25N3OS/c1-5-17-10-12-19(13-11-17)25-24-26(4)23(28)22(29-24)14-18-15-27(16(2)3)21-9-7-6-8-20(18)21/h6-16H,5H2,1-4H3/b22-14+,25-24?. The summed E-state index contributed by atoms with van der Waals surface area (Å²) >= 11 is 1.43. The fraction of sp³-hybridized carbons (Fsp3) is 0.250. The molecule has 1 aliphatic heterocycles. The highest BCUT2D eigenvalue weighted by Crippen LogP contribution is 2.35. The van der Waals surface area contributed by atoms with Crippen molar-refractivity contribution in [2.45, 2.75) is 33.2 Å². The Balaban J connectivity index is 1.69. The minimum atomic E-state index is -0.0136. The van der Waals surface area contributed by atoms with E-state index in [2.05, 4.69) is 61.9 Å². The summed E-state index contributed by atoms with van der Waals surface area (Å²) < 4.78 is 2.25. The van der Waals surface area contributed by atoms with E-state index in [1.54, 1.807) is 11.9 Å². The van der Waals surface area contributed by atoms with Crippen LogP contribution in [0, 0.1) is 0 Å². The molecule has 0 bridgehead atoms. The summed E-state index contributed by atoms with van der Waals surface area (Å²) in [6.07, 6.45) is 5.13. The molecule has 148 valence electrons. The van der Waals surface area contributed by atoms with E-state index < -0.39 is 0 Å². The van der Waals surface area contributed by atoms with Crippen molar-refractivity contribution in [2.75, 3.05) is 7.05 Å². The molecule has 0 unspecified atom stereocenters. The Labute approximate surface area is 175 Å². The number of benzene rings is 2. The van der Waals surface area contributed by atoms with Crippen LogP contribution in [-0.4, -0.2) is 27.6 Å². The van der Waals surface area contributed by atoms with Crippen molar-refractivity contribution < 1.29 is 4.79 Å². The zero-order valence-corrected chi connectivity index (χ0v) is 18.0. The zero-order valence-electron chi connectivity index (χ0n) is 17.2. The molecule has 1 fully saturated rings. The SMILES string of the molecule is CCc1ccc(N=C2S/C(=C/c3cn(C(C)C)c4ccccc34)C(=O)N2C)cc1. The lowest BCUT2D eigenvalue weighted by Gasteiger charge is -2.08. The molecule has 1 amide bonds. The van der Waals surface area contributed by atoms with E-state index in [9.17, 15) is 4.79 Å². The van der Waals surface area contributed by atoms with E-state index in [1.165, 1.54) is 22.8 Å². The molecule has 5 heteroatoms. The average molecular weight is 404 g/mol. The van der Waals surface area contributed by atoms with Crippen LogP contribution >= 0.6 is 11.8 Å². The molecule has 3 aromatic rings. The first-order chi connectivity index (χ1) is 14.0.